The van der Waals surface area contributed by atoms with Crippen molar-refractivity contribution in [3.8, 4) is 11.3 Å². The molecule has 0 saturated carbocycles. The van der Waals surface area contributed by atoms with Crippen molar-refractivity contribution in [2.24, 2.45) is 0 Å². The van der Waals surface area contributed by atoms with Crippen molar-refractivity contribution in [1.29, 1.82) is 0 Å². The second-order valence-electron chi connectivity index (χ2n) is 5.92. The maximum Gasteiger partial charge on any atom is 0.255 e. The van der Waals surface area contributed by atoms with Gasteiger partial charge in [0.15, 0.2) is 0 Å². The number of rotatable bonds is 5. The van der Waals surface area contributed by atoms with E-state index in [4.69, 9.17) is 5.73 Å². The first-order valence-electron chi connectivity index (χ1n) is 8.38. The van der Waals surface area contributed by atoms with E-state index in [2.05, 4.69) is 17.2 Å². The average Bonchev–Trinajstić information content (AvgIpc) is 2.65. The van der Waals surface area contributed by atoms with Crippen LogP contribution in [0, 0.1) is 0 Å². The van der Waals surface area contributed by atoms with Gasteiger partial charge in [-0.3, -0.25) is 9.78 Å². The largest absolute Gasteiger partial charge is 0.397 e. The van der Waals surface area contributed by atoms with Crippen LogP contribution in [0.2, 0.25) is 0 Å². The Bertz CT molecular complexity index is 858. The number of nitrogens with zero attached hydrogens (tertiary/aromatic N) is 1. The van der Waals surface area contributed by atoms with Gasteiger partial charge in [-0.1, -0.05) is 37.6 Å². The van der Waals surface area contributed by atoms with Gasteiger partial charge < -0.3 is 11.1 Å². The molecule has 0 fully saturated rings. The molecule has 25 heavy (non-hydrogen) atoms. The Hall–Kier alpha value is -3.14. The number of carbonyl (C=O) groups is 1. The lowest BCUT2D eigenvalue weighted by Crippen LogP contribution is -2.13. The van der Waals surface area contributed by atoms with Crippen molar-refractivity contribution in [2.45, 2.75) is 19.8 Å². The van der Waals surface area contributed by atoms with Crippen LogP contribution in [0.15, 0.2) is 66.9 Å². The topological polar surface area (TPSA) is 68.0 Å². The number of aryl methyl sites for hydroxylation is 1. The van der Waals surface area contributed by atoms with Crippen molar-refractivity contribution in [2.75, 3.05) is 11.1 Å². The van der Waals surface area contributed by atoms with Gasteiger partial charge in [-0.25, -0.2) is 0 Å². The van der Waals surface area contributed by atoms with E-state index in [0.29, 0.717) is 16.9 Å². The molecule has 0 atom stereocenters. The molecule has 0 radical (unpaired) electrons. The smallest absolute Gasteiger partial charge is 0.255 e. The van der Waals surface area contributed by atoms with Crippen LogP contribution < -0.4 is 11.1 Å². The predicted octanol–water partition coefficient (Wildman–Crippen LogP) is 4.54. The molecule has 3 rings (SSSR count). The van der Waals surface area contributed by atoms with Crippen LogP contribution in [0.25, 0.3) is 11.3 Å². The Morgan fingerprint density at radius 1 is 1.08 bits per heavy atom. The highest BCUT2D eigenvalue weighted by Crippen LogP contribution is 2.26. The lowest BCUT2D eigenvalue weighted by Gasteiger charge is -2.11. The fourth-order valence-electron chi connectivity index (χ4n) is 2.66. The first-order valence-corrected chi connectivity index (χ1v) is 8.38. The number of aromatic nitrogens is 1. The van der Waals surface area contributed by atoms with Crippen molar-refractivity contribution >= 4 is 17.3 Å². The molecular weight excluding hydrogens is 310 g/mol. The summed E-state index contributed by atoms with van der Waals surface area (Å²) in [7, 11) is 0. The molecule has 0 spiro atoms. The van der Waals surface area contributed by atoms with Crippen molar-refractivity contribution in [3.05, 3.63) is 78.0 Å². The van der Waals surface area contributed by atoms with Crippen LogP contribution in [-0.2, 0) is 6.42 Å². The highest BCUT2D eigenvalue weighted by molar-refractivity contribution is 6.06. The van der Waals surface area contributed by atoms with Gasteiger partial charge in [0.2, 0.25) is 0 Å². The summed E-state index contributed by atoms with van der Waals surface area (Å²) in [6.07, 6.45) is 3.84. The van der Waals surface area contributed by atoms with E-state index in [9.17, 15) is 4.79 Å². The second-order valence-corrected chi connectivity index (χ2v) is 5.92. The molecule has 0 bridgehead atoms. The third kappa shape index (κ3) is 4.04. The summed E-state index contributed by atoms with van der Waals surface area (Å²) in [5.74, 6) is -0.173. The zero-order valence-corrected chi connectivity index (χ0v) is 14.2. The number of anilines is 2. The molecule has 1 heterocycles. The monoisotopic (exact) mass is 331 g/mol. The molecule has 0 saturated heterocycles. The van der Waals surface area contributed by atoms with Crippen LogP contribution in [0.4, 0.5) is 11.4 Å². The van der Waals surface area contributed by atoms with Crippen molar-refractivity contribution < 1.29 is 4.79 Å². The fraction of sp³-hybridized carbons (Fsp3) is 0.143. The quantitative estimate of drug-likeness (QED) is 0.675. The summed E-state index contributed by atoms with van der Waals surface area (Å²) in [4.78, 5) is 16.8. The zero-order valence-electron chi connectivity index (χ0n) is 14.2. The molecule has 126 valence electrons. The van der Waals surface area contributed by atoms with Crippen molar-refractivity contribution in [3.63, 3.8) is 0 Å². The van der Waals surface area contributed by atoms with Gasteiger partial charge in [0, 0.05) is 17.3 Å². The summed E-state index contributed by atoms with van der Waals surface area (Å²) in [5.41, 5.74) is 10.7. The number of carbonyl (C=O) groups excluding carboxylic acids is 1. The Labute approximate surface area is 147 Å². The van der Waals surface area contributed by atoms with E-state index in [1.165, 1.54) is 5.56 Å². The van der Waals surface area contributed by atoms with Crippen LogP contribution in [0.5, 0.6) is 0 Å². The number of amides is 1. The minimum Gasteiger partial charge on any atom is -0.397 e. The molecule has 3 N–H and O–H groups in total. The summed E-state index contributed by atoms with van der Waals surface area (Å²) < 4.78 is 0. The van der Waals surface area contributed by atoms with E-state index in [0.717, 1.165) is 24.1 Å². The lowest BCUT2D eigenvalue weighted by atomic mass is 10.1. The molecule has 0 unspecified atom stereocenters. The highest BCUT2D eigenvalue weighted by atomic mass is 16.1. The van der Waals surface area contributed by atoms with Gasteiger partial charge in [0.1, 0.15) is 0 Å². The van der Waals surface area contributed by atoms with Gasteiger partial charge in [-0.05, 0) is 48.4 Å². The third-order valence-corrected chi connectivity index (χ3v) is 4.02. The van der Waals surface area contributed by atoms with Gasteiger partial charge in [-0.15, -0.1) is 0 Å². The number of nitrogens with two attached hydrogens (primary N) is 1. The molecule has 1 amide bonds. The molecule has 4 nitrogen and oxygen atoms in total. The van der Waals surface area contributed by atoms with Crippen LogP contribution in [-0.4, -0.2) is 10.9 Å². The van der Waals surface area contributed by atoms with Crippen molar-refractivity contribution in [1.82, 2.24) is 4.98 Å². The number of benzene rings is 2. The molecule has 0 aliphatic carbocycles. The molecular formula is C21H21N3O. The minimum atomic E-state index is -0.173. The standard InChI is InChI=1S/C21H21N3O/c1-2-5-15-7-9-16(10-8-15)21(25)24-20-14-17(11-12-18(20)22)19-6-3-4-13-23-19/h3-4,6-14H,2,5,22H2,1H3,(H,24,25). The SMILES string of the molecule is CCCc1ccc(C(=O)Nc2cc(-c3ccccn3)ccc2N)cc1. The maximum absolute atomic E-state index is 12.5. The normalized spacial score (nSPS) is 10.4. The molecule has 3 aromatic rings. The maximum atomic E-state index is 12.5. The first-order chi connectivity index (χ1) is 12.2. The Balaban J connectivity index is 1.81. The Morgan fingerprint density at radius 3 is 2.56 bits per heavy atom. The number of hydrogen-bond acceptors (Lipinski definition) is 3. The minimum absolute atomic E-state index is 0.173. The Morgan fingerprint density at radius 2 is 1.88 bits per heavy atom. The van der Waals surface area contributed by atoms with Crippen LogP contribution in [0.3, 0.4) is 0 Å². The fourth-order valence-corrected chi connectivity index (χ4v) is 2.66. The van der Waals surface area contributed by atoms with Gasteiger partial charge in [-0.2, -0.15) is 0 Å². The Kier molecular flexibility index (Phi) is 5.09. The van der Waals surface area contributed by atoms with Gasteiger partial charge in [0.05, 0.1) is 17.1 Å². The zero-order chi connectivity index (χ0) is 17.6. The average molecular weight is 331 g/mol. The molecule has 0 aliphatic heterocycles. The number of nitrogens with one attached hydrogen (secondary N) is 1. The van der Waals surface area contributed by atoms with Gasteiger partial charge in [0.25, 0.3) is 5.91 Å². The second kappa shape index (κ2) is 7.62. The summed E-state index contributed by atoms with van der Waals surface area (Å²) in [6, 6.07) is 18.9. The number of nitrogen functional groups attached to an aromatic ring is 1. The molecule has 1 aromatic heterocycles. The van der Waals surface area contributed by atoms with Crippen LogP contribution >= 0.6 is 0 Å². The first kappa shape index (κ1) is 16.7. The highest BCUT2D eigenvalue weighted by Gasteiger charge is 2.10. The number of pyridine rings is 1. The summed E-state index contributed by atoms with van der Waals surface area (Å²) in [5, 5.41) is 2.90. The molecule has 4 heteroatoms. The number of hydrogen-bond donors (Lipinski definition) is 2. The third-order valence-electron chi connectivity index (χ3n) is 4.02. The van der Waals surface area contributed by atoms with Gasteiger partial charge >= 0.3 is 0 Å². The van der Waals surface area contributed by atoms with E-state index in [1.54, 1.807) is 12.3 Å². The predicted molar refractivity (Wildman–Crippen MR) is 102 cm³/mol. The van der Waals surface area contributed by atoms with E-state index >= 15 is 0 Å². The summed E-state index contributed by atoms with van der Waals surface area (Å²) >= 11 is 0. The van der Waals surface area contributed by atoms with Crippen LogP contribution in [0.1, 0.15) is 29.3 Å². The lowest BCUT2D eigenvalue weighted by molar-refractivity contribution is 0.102. The molecule has 0 aliphatic rings. The van der Waals surface area contributed by atoms with E-state index < -0.39 is 0 Å². The summed E-state index contributed by atoms with van der Waals surface area (Å²) in [6.45, 7) is 2.14. The van der Waals surface area contributed by atoms with E-state index in [-0.39, 0.29) is 5.91 Å². The van der Waals surface area contributed by atoms with E-state index in [1.807, 2.05) is 54.6 Å². The molecule has 2 aromatic carbocycles.